The highest BCUT2D eigenvalue weighted by Crippen LogP contribution is 2.50. The monoisotopic (exact) mass is 773 g/mol. The molecule has 0 saturated heterocycles. The van der Waals surface area contributed by atoms with Crippen LogP contribution in [0.3, 0.4) is 0 Å². The number of nitrogens with zero attached hydrogens (tertiary/aromatic N) is 1. The molecule has 0 atom stereocenters. The highest BCUT2D eigenvalue weighted by Gasteiger charge is 2.27. The molecule has 0 unspecified atom stereocenters. The molecule has 4 heterocycles. The minimum absolute atomic E-state index is 0.680. The largest absolute Gasteiger partial charge is 0.452 e. The standard InChI is InChI=1S/C55H35NO4/c1-34-22-24-37(25-23-34)48-32-44-51-45-33-49(38-26-28-41(29-27-38)56(39-18-10-4-11-19-39)40-20-12-5-13-21-40)60-55(45)53-43(31-47(58-53)36-16-8-3-9-17-36)50(51)42-30-46(35-14-6-2-7-15-35)57-52(42)54(44)59-48/h2-33H,1H3. The lowest BCUT2D eigenvalue weighted by atomic mass is 9.95. The third kappa shape index (κ3) is 5.48. The minimum atomic E-state index is 0.680. The van der Waals surface area contributed by atoms with E-state index in [1.165, 1.54) is 5.56 Å². The number of para-hydroxylation sites is 2. The van der Waals surface area contributed by atoms with Crippen molar-refractivity contribution < 1.29 is 17.7 Å². The molecular weight excluding hydrogens is 739 g/mol. The molecule has 0 spiro atoms. The van der Waals surface area contributed by atoms with Crippen molar-refractivity contribution in [3.05, 3.63) is 200 Å². The Morgan fingerprint density at radius 1 is 0.300 bits per heavy atom. The van der Waals surface area contributed by atoms with Crippen LogP contribution in [0.25, 0.3) is 99.9 Å². The average Bonchev–Trinajstić information content (AvgIpc) is 4.13. The lowest BCUT2D eigenvalue weighted by Gasteiger charge is -2.25. The molecule has 4 aromatic heterocycles. The molecule has 12 aromatic rings. The van der Waals surface area contributed by atoms with E-state index in [9.17, 15) is 0 Å². The first kappa shape index (κ1) is 34.1. The van der Waals surface area contributed by atoms with Crippen molar-refractivity contribution in [3.63, 3.8) is 0 Å². The van der Waals surface area contributed by atoms with Gasteiger partial charge in [0.15, 0.2) is 22.3 Å². The molecular formula is C55H35NO4. The van der Waals surface area contributed by atoms with E-state index in [0.29, 0.717) is 22.3 Å². The van der Waals surface area contributed by atoms with Gasteiger partial charge < -0.3 is 22.6 Å². The van der Waals surface area contributed by atoms with Gasteiger partial charge in [-0.3, -0.25) is 0 Å². The topological polar surface area (TPSA) is 55.8 Å². The lowest BCUT2D eigenvalue weighted by molar-refractivity contribution is 0.598. The molecule has 284 valence electrons. The van der Waals surface area contributed by atoms with Crippen LogP contribution in [0.4, 0.5) is 17.1 Å². The van der Waals surface area contributed by atoms with Crippen molar-refractivity contribution in [2.75, 3.05) is 4.90 Å². The zero-order valence-corrected chi connectivity index (χ0v) is 32.6. The van der Waals surface area contributed by atoms with Gasteiger partial charge in [-0.15, -0.1) is 0 Å². The van der Waals surface area contributed by atoms with E-state index in [4.69, 9.17) is 17.7 Å². The third-order valence-electron chi connectivity index (χ3n) is 11.6. The maximum Gasteiger partial charge on any atom is 0.178 e. The number of anilines is 3. The van der Waals surface area contributed by atoms with Gasteiger partial charge in [0.2, 0.25) is 0 Å². The second kappa shape index (κ2) is 13.5. The predicted octanol–water partition coefficient (Wildman–Crippen LogP) is 16.3. The summed E-state index contributed by atoms with van der Waals surface area (Å²) in [6.45, 7) is 2.09. The van der Waals surface area contributed by atoms with Crippen molar-refractivity contribution >= 4 is 71.7 Å². The summed E-state index contributed by atoms with van der Waals surface area (Å²) in [5.41, 5.74) is 11.1. The van der Waals surface area contributed by atoms with Crippen LogP contribution in [0.5, 0.6) is 0 Å². The molecule has 12 rings (SSSR count). The van der Waals surface area contributed by atoms with Gasteiger partial charge in [0.05, 0.1) is 0 Å². The fourth-order valence-corrected chi connectivity index (χ4v) is 8.68. The van der Waals surface area contributed by atoms with Crippen LogP contribution >= 0.6 is 0 Å². The van der Waals surface area contributed by atoms with Gasteiger partial charge in [-0.05, 0) is 79.7 Å². The molecule has 0 amide bonds. The van der Waals surface area contributed by atoms with Gasteiger partial charge in [0.1, 0.15) is 23.0 Å². The Hall–Kier alpha value is -8.02. The summed E-state index contributed by atoms with van der Waals surface area (Å²) in [7, 11) is 0. The van der Waals surface area contributed by atoms with E-state index in [-0.39, 0.29) is 0 Å². The van der Waals surface area contributed by atoms with E-state index in [1.807, 2.05) is 48.5 Å². The molecule has 0 aliphatic rings. The average molecular weight is 774 g/mol. The number of rotatable bonds is 7. The van der Waals surface area contributed by atoms with Crippen molar-refractivity contribution in [1.29, 1.82) is 0 Å². The van der Waals surface area contributed by atoms with E-state index in [0.717, 1.165) is 94.7 Å². The van der Waals surface area contributed by atoms with Gasteiger partial charge in [-0.25, -0.2) is 0 Å². The summed E-state index contributed by atoms with van der Waals surface area (Å²) >= 11 is 0. The molecule has 0 radical (unpaired) electrons. The Kier molecular flexibility index (Phi) is 7.69. The second-order valence-corrected chi connectivity index (χ2v) is 15.3. The number of benzene rings is 8. The Morgan fingerprint density at radius 3 is 0.933 bits per heavy atom. The summed E-state index contributed by atoms with van der Waals surface area (Å²) in [6, 6.07) is 66.9. The van der Waals surface area contributed by atoms with Crippen LogP contribution in [-0.2, 0) is 0 Å². The van der Waals surface area contributed by atoms with Crippen molar-refractivity contribution in [3.8, 4) is 45.3 Å². The maximum atomic E-state index is 6.97. The normalized spacial score (nSPS) is 11.8. The van der Waals surface area contributed by atoms with Crippen LogP contribution in [0.1, 0.15) is 5.56 Å². The van der Waals surface area contributed by atoms with E-state index in [1.54, 1.807) is 0 Å². The molecule has 5 nitrogen and oxygen atoms in total. The van der Waals surface area contributed by atoms with Gasteiger partial charge in [0, 0.05) is 71.6 Å². The molecule has 0 fully saturated rings. The molecule has 0 N–H and O–H groups in total. The summed E-state index contributed by atoms with van der Waals surface area (Å²) in [5.74, 6) is 3.03. The van der Waals surface area contributed by atoms with Crippen LogP contribution in [0.2, 0.25) is 0 Å². The predicted molar refractivity (Wildman–Crippen MR) is 244 cm³/mol. The maximum absolute atomic E-state index is 6.97. The summed E-state index contributed by atoms with van der Waals surface area (Å²) in [6.07, 6.45) is 0. The van der Waals surface area contributed by atoms with Gasteiger partial charge in [-0.2, -0.15) is 0 Å². The van der Waals surface area contributed by atoms with Crippen LogP contribution in [0, 0.1) is 6.92 Å². The second-order valence-electron chi connectivity index (χ2n) is 15.3. The summed E-state index contributed by atoms with van der Waals surface area (Å²) in [4.78, 5) is 2.26. The highest BCUT2D eigenvalue weighted by molar-refractivity contribution is 6.38. The zero-order chi connectivity index (χ0) is 39.7. The summed E-state index contributed by atoms with van der Waals surface area (Å²) < 4.78 is 27.5. The minimum Gasteiger partial charge on any atom is -0.452 e. The first-order valence-corrected chi connectivity index (χ1v) is 20.1. The Balaban J connectivity index is 1.13. The van der Waals surface area contributed by atoms with Crippen molar-refractivity contribution in [2.45, 2.75) is 6.92 Å². The Labute approximate surface area is 344 Å². The van der Waals surface area contributed by atoms with Gasteiger partial charge >= 0.3 is 0 Å². The Bertz CT molecular complexity index is 3460. The first-order valence-electron chi connectivity index (χ1n) is 20.1. The van der Waals surface area contributed by atoms with E-state index < -0.39 is 0 Å². The van der Waals surface area contributed by atoms with Gasteiger partial charge in [0.25, 0.3) is 0 Å². The SMILES string of the molecule is Cc1ccc(-c2cc3c(o2)c2oc(-c4ccccc4)cc2c2c4cc(-c5ccccc5)oc4c4oc(-c5ccc(N(c6ccccc6)c6ccccc6)cc5)cc4c32)cc1. The molecule has 5 heteroatoms. The Morgan fingerprint density at radius 2 is 0.583 bits per heavy atom. The molecule has 60 heavy (non-hydrogen) atoms. The molecule has 8 aromatic carbocycles. The first-order chi connectivity index (χ1) is 29.6. The number of fused-ring (bicyclic) bond motifs is 11. The lowest BCUT2D eigenvalue weighted by Crippen LogP contribution is -2.09. The smallest absolute Gasteiger partial charge is 0.178 e. The fraction of sp³-hybridized carbons (Fsp3) is 0.0182. The van der Waals surface area contributed by atoms with Crippen LogP contribution in [0.15, 0.2) is 212 Å². The molecule has 0 aliphatic carbocycles. The third-order valence-corrected chi connectivity index (χ3v) is 11.6. The van der Waals surface area contributed by atoms with E-state index >= 15 is 0 Å². The number of hydrogen-bond acceptors (Lipinski definition) is 5. The fourth-order valence-electron chi connectivity index (χ4n) is 8.68. The quantitative estimate of drug-likeness (QED) is 0.161. The zero-order valence-electron chi connectivity index (χ0n) is 32.6. The molecule has 0 saturated carbocycles. The highest BCUT2D eigenvalue weighted by atomic mass is 16.4. The number of aryl methyl sites for hydroxylation is 1. The number of furan rings is 4. The van der Waals surface area contributed by atoms with Crippen LogP contribution in [-0.4, -0.2) is 0 Å². The van der Waals surface area contributed by atoms with Crippen molar-refractivity contribution in [2.24, 2.45) is 0 Å². The number of hydrogen-bond donors (Lipinski definition) is 0. The molecule has 0 bridgehead atoms. The van der Waals surface area contributed by atoms with E-state index in [2.05, 4.69) is 157 Å². The molecule has 0 aliphatic heterocycles. The van der Waals surface area contributed by atoms with Gasteiger partial charge in [-0.1, -0.05) is 127 Å². The van der Waals surface area contributed by atoms with Crippen molar-refractivity contribution in [1.82, 2.24) is 0 Å². The van der Waals surface area contributed by atoms with Crippen LogP contribution < -0.4 is 4.90 Å². The summed E-state index contributed by atoms with van der Waals surface area (Å²) in [5, 5.41) is 5.82.